The van der Waals surface area contributed by atoms with Gasteiger partial charge in [-0.1, -0.05) is 23.7 Å². The van der Waals surface area contributed by atoms with E-state index in [9.17, 15) is 4.79 Å². The first-order valence-electron chi connectivity index (χ1n) is 7.21. The molecule has 22 heavy (non-hydrogen) atoms. The zero-order chi connectivity index (χ0) is 15.1. The number of nitrogens with zero attached hydrogens (tertiary/aromatic N) is 2. The third-order valence-corrected chi connectivity index (χ3v) is 4.31. The van der Waals surface area contributed by atoms with Gasteiger partial charge < -0.3 is 9.88 Å². The summed E-state index contributed by atoms with van der Waals surface area (Å²) in [5.41, 5.74) is 2.83. The molecule has 2 heterocycles. The fourth-order valence-corrected chi connectivity index (χ4v) is 3.05. The summed E-state index contributed by atoms with van der Waals surface area (Å²) in [5, 5.41) is 0.671. The van der Waals surface area contributed by atoms with Crippen molar-refractivity contribution in [1.82, 2.24) is 9.97 Å². The van der Waals surface area contributed by atoms with E-state index in [1.54, 1.807) is 17.0 Å². The lowest BCUT2D eigenvalue weighted by molar-refractivity contribution is -0.117. The lowest BCUT2D eigenvalue weighted by atomic mass is 10.1. The third-order valence-electron chi connectivity index (χ3n) is 4.06. The van der Waals surface area contributed by atoms with Crippen LogP contribution in [0.3, 0.4) is 0 Å². The molecule has 2 aromatic carbocycles. The number of hydrogen-bond donors (Lipinski definition) is 1. The van der Waals surface area contributed by atoms with Crippen molar-refractivity contribution in [2.75, 3.05) is 11.4 Å². The van der Waals surface area contributed by atoms with Crippen LogP contribution in [0.25, 0.3) is 11.0 Å². The van der Waals surface area contributed by atoms with Gasteiger partial charge in [-0.3, -0.25) is 4.79 Å². The van der Waals surface area contributed by atoms with Crippen LogP contribution in [-0.4, -0.2) is 22.4 Å². The molecule has 3 aromatic rings. The number of halogens is 1. The number of amides is 1. The van der Waals surface area contributed by atoms with Gasteiger partial charge >= 0.3 is 0 Å². The SMILES string of the molecule is O=C1C[C@H](c2nc3ccccc3[nH]2)CN1c1ccc(Cl)cc1. The Morgan fingerprint density at radius 1 is 1.14 bits per heavy atom. The lowest BCUT2D eigenvalue weighted by Gasteiger charge is -2.16. The Balaban J connectivity index is 1.62. The van der Waals surface area contributed by atoms with Gasteiger partial charge in [-0.05, 0) is 36.4 Å². The fourth-order valence-electron chi connectivity index (χ4n) is 2.93. The third kappa shape index (κ3) is 2.25. The first-order chi connectivity index (χ1) is 10.7. The van der Waals surface area contributed by atoms with E-state index in [2.05, 4.69) is 9.97 Å². The van der Waals surface area contributed by atoms with Crippen molar-refractivity contribution in [3.8, 4) is 0 Å². The molecule has 0 spiro atoms. The van der Waals surface area contributed by atoms with Gasteiger partial charge in [0.05, 0.1) is 11.0 Å². The second kappa shape index (κ2) is 5.14. The van der Waals surface area contributed by atoms with Crippen molar-refractivity contribution >= 4 is 34.2 Å². The number of aromatic nitrogens is 2. The van der Waals surface area contributed by atoms with Crippen molar-refractivity contribution in [1.29, 1.82) is 0 Å². The van der Waals surface area contributed by atoms with Gasteiger partial charge in [0.2, 0.25) is 5.91 Å². The van der Waals surface area contributed by atoms with Gasteiger partial charge in [-0.15, -0.1) is 0 Å². The van der Waals surface area contributed by atoms with Crippen LogP contribution in [0.2, 0.25) is 5.02 Å². The van der Waals surface area contributed by atoms with E-state index in [1.807, 2.05) is 36.4 Å². The number of fused-ring (bicyclic) bond motifs is 1. The normalized spacial score (nSPS) is 18.3. The van der Waals surface area contributed by atoms with E-state index >= 15 is 0 Å². The second-order valence-electron chi connectivity index (χ2n) is 5.52. The number of hydrogen-bond acceptors (Lipinski definition) is 2. The molecule has 1 saturated heterocycles. The highest BCUT2D eigenvalue weighted by Gasteiger charge is 2.33. The van der Waals surface area contributed by atoms with Crippen molar-refractivity contribution in [2.45, 2.75) is 12.3 Å². The van der Waals surface area contributed by atoms with Crippen LogP contribution >= 0.6 is 11.6 Å². The van der Waals surface area contributed by atoms with Crippen molar-refractivity contribution in [3.63, 3.8) is 0 Å². The van der Waals surface area contributed by atoms with E-state index in [1.165, 1.54) is 0 Å². The predicted octanol–water partition coefficient (Wildman–Crippen LogP) is 3.74. The zero-order valence-corrected chi connectivity index (χ0v) is 12.5. The van der Waals surface area contributed by atoms with Crippen LogP contribution in [0, 0.1) is 0 Å². The van der Waals surface area contributed by atoms with E-state index in [0.717, 1.165) is 22.5 Å². The first-order valence-corrected chi connectivity index (χ1v) is 7.59. The Kier molecular flexibility index (Phi) is 3.12. The molecule has 0 bridgehead atoms. The number of aromatic amines is 1. The van der Waals surface area contributed by atoms with Crippen LogP contribution in [-0.2, 0) is 4.79 Å². The highest BCUT2D eigenvalue weighted by atomic mass is 35.5. The minimum atomic E-state index is 0.0931. The number of nitrogens with one attached hydrogen (secondary N) is 1. The van der Waals surface area contributed by atoms with Gasteiger partial charge in [0, 0.05) is 29.6 Å². The molecule has 0 saturated carbocycles. The van der Waals surface area contributed by atoms with Crippen molar-refractivity contribution < 1.29 is 4.79 Å². The molecular formula is C17H14ClN3O. The summed E-state index contributed by atoms with van der Waals surface area (Å²) in [4.78, 5) is 22.1. The topological polar surface area (TPSA) is 49.0 Å². The second-order valence-corrected chi connectivity index (χ2v) is 5.96. The average molecular weight is 312 g/mol. The van der Waals surface area contributed by atoms with E-state index in [4.69, 9.17) is 11.6 Å². The maximum absolute atomic E-state index is 12.3. The molecule has 4 nitrogen and oxygen atoms in total. The van der Waals surface area contributed by atoms with Gasteiger partial charge in [0.1, 0.15) is 5.82 Å². The number of carbonyl (C=O) groups is 1. The molecule has 1 atom stereocenters. The number of carbonyl (C=O) groups excluding carboxylic acids is 1. The zero-order valence-electron chi connectivity index (χ0n) is 11.8. The summed E-state index contributed by atoms with van der Waals surface area (Å²) in [7, 11) is 0. The maximum Gasteiger partial charge on any atom is 0.227 e. The molecule has 1 amide bonds. The van der Waals surface area contributed by atoms with Gasteiger partial charge in [0.25, 0.3) is 0 Å². The fraction of sp³-hybridized carbons (Fsp3) is 0.176. The summed E-state index contributed by atoms with van der Waals surface area (Å²) in [6.45, 7) is 0.639. The van der Waals surface area contributed by atoms with Crippen LogP contribution in [0.4, 0.5) is 5.69 Å². The monoisotopic (exact) mass is 311 g/mol. The molecule has 0 unspecified atom stereocenters. The van der Waals surface area contributed by atoms with Crippen LogP contribution in [0.1, 0.15) is 18.2 Å². The Labute approximate surface area is 132 Å². The van der Waals surface area contributed by atoms with Crippen LogP contribution < -0.4 is 4.90 Å². The van der Waals surface area contributed by atoms with Crippen LogP contribution in [0.15, 0.2) is 48.5 Å². The molecule has 1 fully saturated rings. The minimum Gasteiger partial charge on any atom is -0.342 e. The maximum atomic E-state index is 12.3. The smallest absolute Gasteiger partial charge is 0.227 e. The summed E-state index contributed by atoms with van der Waals surface area (Å²) >= 11 is 5.91. The average Bonchev–Trinajstić information content (AvgIpc) is 3.11. The number of H-pyrrole nitrogens is 1. The lowest BCUT2D eigenvalue weighted by Crippen LogP contribution is -2.24. The first kappa shape index (κ1) is 13.3. The summed E-state index contributed by atoms with van der Waals surface area (Å²) in [5.74, 6) is 1.09. The molecular weight excluding hydrogens is 298 g/mol. The summed E-state index contributed by atoms with van der Waals surface area (Å²) in [6.07, 6.45) is 0.475. The number of anilines is 1. The molecule has 1 aliphatic rings. The Bertz CT molecular complexity index is 807. The molecule has 1 N–H and O–H groups in total. The van der Waals surface area contributed by atoms with E-state index in [-0.39, 0.29) is 11.8 Å². The number of rotatable bonds is 2. The summed E-state index contributed by atoms with van der Waals surface area (Å²) < 4.78 is 0. The quantitative estimate of drug-likeness (QED) is 0.784. The Hall–Kier alpha value is -2.33. The number of benzene rings is 2. The highest BCUT2D eigenvalue weighted by Crippen LogP contribution is 2.31. The molecule has 1 aromatic heterocycles. The molecule has 4 rings (SSSR count). The largest absolute Gasteiger partial charge is 0.342 e. The van der Waals surface area contributed by atoms with E-state index < -0.39 is 0 Å². The predicted molar refractivity (Wildman–Crippen MR) is 87.3 cm³/mol. The van der Waals surface area contributed by atoms with Crippen molar-refractivity contribution in [2.24, 2.45) is 0 Å². The molecule has 0 aliphatic carbocycles. The minimum absolute atomic E-state index is 0.0931. The summed E-state index contributed by atoms with van der Waals surface area (Å²) in [6, 6.07) is 15.3. The van der Waals surface area contributed by atoms with Crippen molar-refractivity contribution in [3.05, 3.63) is 59.4 Å². The Morgan fingerprint density at radius 3 is 2.68 bits per heavy atom. The molecule has 1 aliphatic heterocycles. The molecule has 0 radical (unpaired) electrons. The van der Waals surface area contributed by atoms with Gasteiger partial charge in [0.15, 0.2) is 0 Å². The number of imidazole rings is 1. The Morgan fingerprint density at radius 2 is 1.91 bits per heavy atom. The van der Waals surface area contributed by atoms with Gasteiger partial charge in [-0.2, -0.15) is 0 Å². The molecule has 5 heteroatoms. The standard InChI is InChI=1S/C17H14ClN3O/c18-12-5-7-13(8-6-12)21-10-11(9-16(21)22)17-19-14-3-1-2-4-15(14)20-17/h1-8,11H,9-10H2,(H,19,20)/t11-/m0/s1. The van der Waals surface area contributed by atoms with Crippen LogP contribution in [0.5, 0.6) is 0 Å². The van der Waals surface area contributed by atoms with Gasteiger partial charge in [-0.25, -0.2) is 4.98 Å². The molecule has 110 valence electrons. The highest BCUT2D eigenvalue weighted by molar-refractivity contribution is 6.30. The van der Waals surface area contributed by atoms with E-state index in [0.29, 0.717) is 18.0 Å². The number of para-hydroxylation sites is 2.